The molecule has 1 atom stereocenters. The molecule has 0 aromatic heterocycles. The Balaban J connectivity index is 1.21. The number of carbonyl (C=O) groups is 3. The molecule has 2 N–H and O–H groups in total. The van der Waals surface area contributed by atoms with Gasteiger partial charge < -0.3 is 24.8 Å². The molecule has 5 rings (SSSR count). The number of hydrogen-bond donors (Lipinski definition) is 2. The molecule has 1 heterocycles. The number of nitrogens with one attached hydrogen (secondary N) is 1. The number of ether oxygens (including phenoxy) is 2. The molecule has 2 aliphatic carbocycles. The predicted octanol–water partition coefficient (Wildman–Crippen LogP) is 3.54. The van der Waals surface area contributed by atoms with Gasteiger partial charge in [0.05, 0.1) is 18.5 Å². The summed E-state index contributed by atoms with van der Waals surface area (Å²) in [5.74, 6) is -1.27. The number of fused-ring (bicyclic) bond motifs is 3. The largest absolute Gasteiger partial charge is 0.479 e. The van der Waals surface area contributed by atoms with Crippen molar-refractivity contribution in [3.05, 3.63) is 59.7 Å². The summed E-state index contributed by atoms with van der Waals surface area (Å²) in [6.07, 6.45) is 2.12. The molecule has 184 valence electrons. The van der Waals surface area contributed by atoms with Gasteiger partial charge in [-0.1, -0.05) is 48.5 Å². The average Bonchev–Trinajstić information content (AvgIpc) is 3.42. The second-order valence-electron chi connectivity index (χ2n) is 9.83. The van der Waals surface area contributed by atoms with Crippen LogP contribution in [0.25, 0.3) is 11.1 Å². The SMILES string of the molecule is COC1(C(=O)O)CCN(C(=O)CC2(NC(=O)OCC3c4ccccc4-c4ccccc43)CCC2)C1. The molecule has 1 aliphatic heterocycles. The van der Waals surface area contributed by atoms with E-state index in [1.807, 2.05) is 24.3 Å². The van der Waals surface area contributed by atoms with E-state index in [4.69, 9.17) is 9.47 Å². The van der Waals surface area contributed by atoms with Gasteiger partial charge in [0.1, 0.15) is 6.61 Å². The molecule has 2 fully saturated rings. The van der Waals surface area contributed by atoms with Crippen LogP contribution in [0.1, 0.15) is 49.1 Å². The van der Waals surface area contributed by atoms with Gasteiger partial charge in [-0.15, -0.1) is 0 Å². The Morgan fingerprint density at radius 2 is 1.66 bits per heavy atom. The van der Waals surface area contributed by atoms with Crippen LogP contribution in [0.15, 0.2) is 48.5 Å². The van der Waals surface area contributed by atoms with Gasteiger partial charge in [0.15, 0.2) is 5.60 Å². The Hall–Kier alpha value is -3.39. The number of nitrogens with zero attached hydrogens (tertiary/aromatic N) is 1. The lowest BCUT2D eigenvalue weighted by molar-refractivity contribution is -0.161. The summed E-state index contributed by atoms with van der Waals surface area (Å²) in [5.41, 5.74) is 2.60. The molecule has 0 spiro atoms. The molecule has 0 bridgehead atoms. The van der Waals surface area contributed by atoms with Crippen molar-refractivity contribution in [3.63, 3.8) is 0 Å². The first-order valence-corrected chi connectivity index (χ1v) is 12.1. The van der Waals surface area contributed by atoms with Crippen molar-refractivity contribution in [2.75, 3.05) is 26.8 Å². The Kier molecular flexibility index (Phi) is 6.01. The lowest BCUT2D eigenvalue weighted by atomic mass is 9.74. The highest BCUT2D eigenvalue weighted by molar-refractivity contribution is 5.84. The van der Waals surface area contributed by atoms with E-state index in [0.29, 0.717) is 19.4 Å². The van der Waals surface area contributed by atoms with E-state index in [1.54, 1.807) is 0 Å². The standard InChI is InChI=1S/C27H30N2O6/c1-34-27(24(31)32)13-14-29(17-27)23(30)15-26(11-6-12-26)28-25(33)35-16-22-20-9-4-2-7-18(20)19-8-3-5-10-21(19)22/h2-5,7-10,22H,6,11-17H2,1H3,(H,28,33)(H,31,32). The molecule has 3 aliphatic rings. The van der Waals surface area contributed by atoms with Crippen LogP contribution in [-0.2, 0) is 19.1 Å². The number of hydrogen-bond acceptors (Lipinski definition) is 5. The van der Waals surface area contributed by atoms with Crippen LogP contribution < -0.4 is 5.32 Å². The molecule has 1 unspecified atom stereocenters. The first-order valence-electron chi connectivity index (χ1n) is 12.1. The zero-order valence-electron chi connectivity index (χ0n) is 19.8. The Labute approximate surface area is 204 Å². The van der Waals surface area contributed by atoms with Gasteiger partial charge in [-0.25, -0.2) is 9.59 Å². The molecular formula is C27H30N2O6. The molecule has 1 saturated carbocycles. The van der Waals surface area contributed by atoms with Crippen LogP contribution in [0.4, 0.5) is 4.79 Å². The average molecular weight is 479 g/mol. The first kappa shape index (κ1) is 23.4. The number of benzene rings is 2. The third-order valence-corrected chi connectivity index (χ3v) is 7.88. The molecule has 2 aromatic rings. The minimum atomic E-state index is -1.36. The van der Waals surface area contributed by atoms with E-state index < -0.39 is 23.2 Å². The number of carbonyl (C=O) groups excluding carboxylic acids is 2. The number of carboxylic acid groups (broad SMARTS) is 1. The maximum atomic E-state index is 13.0. The third-order valence-electron chi connectivity index (χ3n) is 7.88. The van der Waals surface area contributed by atoms with Gasteiger partial charge >= 0.3 is 12.1 Å². The van der Waals surface area contributed by atoms with Crippen molar-refractivity contribution in [3.8, 4) is 11.1 Å². The molecule has 2 aromatic carbocycles. The van der Waals surface area contributed by atoms with Crippen LogP contribution >= 0.6 is 0 Å². The Morgan fingerprint density at radius 1 is 1.03 bits per heavy atom. The number of methoxy groups -OCH3 is 1. The van der Waals surface area contributed by atoms with Gasteiger partial charge in [0, 0.05) is 26.0 Å². The van der Waals surface area contributed by atoms with Gasteiger partial charge in [-0.05, 0) is 41.5 Å². The van der Waals surface area contributed by atoms with Crippen LogP contribution in [0.3, 0.4) is 0 Å². The second-order valence-corrected chi connectivity index (χ2v) is 9.83. The number of likely N-dealkylation sites (tertiary alicyclic amines) is 1. The number of alkyl carbamates (subject to hydrolysis) is 1. The Morgan fingerprint density at radius 3 is 2.17 bits per heavy atom. The maximum absolute atomic E-state index is 13.0. The van der Waals surface area contributed by atoms with Gasteiger partial charge in [-0.2, -0.15) is 0 Å². The predicted molar refractivity (Wildman–Crippen MR) is 128 cm³/mol. The fourth-order valence-corrected chi connectivity index (χ4v) is 5.63. The number of rotatable bonds is 7. The molecule has 35 heavy (non-hydrogen) atoms. The highest BCUT2D eigenvalue weighted by Crippen LogP contribution is 2.44. The number of aliphatic carboxylic acids is 1. The summed E-state index contributed by atoms with van der Waals surface area (Å²) in [7, 11) is 1.36. The molecule has 0 radical (unpaired) electrons. The fraction of sp³-hybridized carbons (Fsp3) is 0.444. The molecule has 8 heteroatoms. The van der Waals surface area contributed by atoms with Crippen LogP contribution in [-0.4, -0.2) is 65.9 Å². The van der Waals surface area contributed by atoms with Crippen molar-refractivity contribution in [2.24, 2.45) is 0 Å². The van der Waals surface area contributed by atoms with E-state index in [9.17, 15) is 19.5 Å². The maximum Gasteiger partial charge on any atom is 0.407 e. The van der Waals surface area contributed by atoms with Crippen molar-refractivity contribution in [2.45, 2.75) is 49.2 Å². The van der Waals surface area contributed by atoms with E-state index in [0.717, 1.165) is 28.7 Å². The van der Waals surface area contributed by atoms with Gasteiger partial charge in [0.25, 0.3) is 0 Å². The van der Waals surface area contributed by atoms with Crippen molar-refractivity contribution >= 4 is 18.0 Å². The zero-order chi connectivity index (χ0) is 24.6. The van der Waals surface area contributed by atoms with Crippen LogP contribution in [0.2, 0.25) is 0 Å². The Bertz CT molecular complexity index is 1110. The fourth-order valence-electron chi connectivity index (χ4n) is 5.63. The summed E-state index contributed by atoms with van der Waals surface area (Å²) in [4.78, 5) is 39.0. The second kappa shape index (κ2) is 9.00. The monoisotopic (exact) mass is 478 g/mol. The van der Waals surface area contributed by atoms with Crippen molar-refractivity contribution < 1.29 is 29.0 Å². The normalized spacial score (nSPS) is 22.1. The van der Waals surface area contributed by atoms with Gasteiger partial charge in [-0.3, -0.25) is 4.79 Å². The highest BCUT2D eigenvalue weighted by atomic mass is 16.5. The van der Waals surface area contributed by atoms with Gasteiger partial charge in [0.2, 0.25) is 5.91 Å². The summed E-state index contributed by atoms with van der Waals surface area (Å²) >= 11 is 0. The molecule has 2 amide bonds. The van der Waals surface area contributed by atoms with Crippen molar-refractivity contribution in [1.82, 2.24) is 10.2 Å². The van der Waals surface area contributed by atoms with Crippen molar-refractivity contribution in [1.29, 1.82) is 0 Å². The summed E-state index contributed by atoms with van der Waals surface area (Å²) in [6, 6.07) is 16.3. The molecular weight excluding hydrogens is 448 g/mol. The lowest BCUT2D eigenvalue weighted by Crippen LogP contribution is -2.56. The minimum Gasteiger partial charge on any atom is -0.479 e. The smallest absolute Gasteiger partial charge is 0.407 e. The third kappa shape index (κ3) is 4.16. The molecule has 1 saturated heterocycles. The zero-order valence-corrected chi connectivity index (χ0v) is 19.8. The topological polar surface area (TPSA) is 105 Å². The van der Waals surface area contributed by atoms with Crippen LogP contribution in [0.5, 0.6) is 0 Å². The minimum absolute atomic E-state index is 0.0126. The van der Waals surface area contributed by atoms with E-state index in [-0.39, 0.29) is 37.8 Å². The number of carboxylic acids is 1. The highest BCUT2D eigenvalue weighted by Gasteiger charge is 2.49. The van der Waals surface area contributed by atoms with E-state index >= 15 is 0 Å². The summed E-state index contributed by atoms with van der Waals surface area (Å²) < 4.78 is 10.9. The first-order chi connectivity index (χ1) is 16.9. The van der Waals surface area contributed by atoms with Crippen LogP contribution in [0, 0.1) is 0 Å². The summed E-state index contributed by atoms with van der Waals surface area (Å²) in [6.45, 7) is 0.545. The lowest BCUT2D eigenvalue weighted by Gasteiger charge is -2.42. The van der Waals surface area contributed by atoms with E-state index in [1.165, 1.54) is 12.0 Å². The quantitative estimate of drug-likeness (QED) is 0.631. The number of amides is 2. The van der Waals surface area contributed by atoms with E-state index in [2.05, 4.69) is 29.6 Å². The molecule has 8 nitrogen and oxygen atoms in total. The summed E-state index contributed by atoms with van der Waals surface area (Å²) in [5, 5.41) is 12.5.